The number of hydrogen-bond acceptors (Lipinski definition) is 2. The number of rotatable bonds is 2. The van der Waals surface area contributed by atoms with E-state index in [1.807, 2.05) is 0 Å². The van der Waals surface area contributed by atoms with Crippen molar-refractivity contribution in [3.8, 4) is 6.07 Å². The molecule has 0 fully saturated rings. The van der Waals surface area contributed by atoms with Crippen LogP contribution in [0.15, 0.2) is 10.7 Å². The third-order valence-corrected chi connectivity index (χ3v) is 2.58. The van der Waals surface area contributed by atoms with Gasteiger partial charge in [0.2, 0.25) is 0 Å². The smallest absolute Gasteiger partial charge is 0.244 e. The van der Waals surface area contributed by atoms with Gasteiger partial charge in [-0.25, -0.2) is 13.8 Å². The topological polar surface area (TPSA) is 36.7 Å². The molecule has 74 valence electrons. The summed E-state index contributed by atoms with van der Waals surface area (Å²) in [6.45, 7) is 0. The zero-order chi connectivity index (χ0) is 10.7. The maximum Gasteiger partial charge on any atom is 0.266 e. The van der Waals surface area contributed by atoms with Gasteiger partial charge in [-0.1, -0.05) is 0 Å². The van der Waals surface area contributed by atoms with Gasteiger partial charge in [0, 0.05) is 16.5 Å². The Hall–Kier alpha value is -0.730. The Labute approximate surface area is 92.6 Å². The molecule has 1 heterocycles. The Kier molecular flexibility index (Phi) is 3.78. The maximum absolute atomic E-state index is 12.6. The van der Waals surface area contributed by atoms with Crippen LogP contribution in [-0.4, -0.2) is 4.98 Å². The molecule has 0 N–H and O–H groups in total. The number of alkyl halides is 3. The molecule has 0 aliphatic heterocycles. The molecular weight excluding hydrogens is 277 g/mol. The monoisotopic (exact) mass is 280 g/mol. The highest BCUT2D eigenvalue weighted by atomic mass is 79.9. The molecule has 0 saturated carbocycles. The lowest BCUT2D eigenvalue weighted by Crippen LogP contribution is -2.00. The van der Waals surface area contributed by atoms with Crippen molar-refractivity contribution in [2.75, 3.05) is 0 Å². The predicted molar refractivity (Wildman–Crippen MR) is 51.2 cm³/mol. The molecule has 0 unspecified atom stereocenters. The Morgan fingerprint density at radius 3 is 2.71 bits per heavy atom. The summed E-state index contributed by atoms with van der Waals surface area (Å²) < 4.78 is 25.5. The Morgan fingerprint density at radius 2 is 2.29 bits per heavy atom. The van der Waals surface area contributed by atoms with Gasteiger partial charge in [-0.2, -0.15) is 5.26 Å². The van der Waals surface area contributed by atoms with Gasteiger partial charge in [0.05, 0.1) is 5.56 Å². The molecule has 1 aromatic heterocycles. The van der Waals surface area contributed by atoms with E-state index < -0.39 is 12.0 Å². The van der Waals surface area contributed by atoms with E-state index in [0.29, 0.717) is 4.47 Å². The van der Waals surface area contributed by atoms with Crippen molar-refractivity contribution in [1.29, 1.82) is 5.26 Å². The number of pyridine rings is 1. The predicted octanol–water partition coefficient (Wildman–Crippen LogP) is 3.39. The van der Waals surface area contributed by atoms with Crippen molar-refractivity contribution in [2.45, 2.75) is 12.3 Å². The molecule has 0 amide bonds. The minimum absolute atomic E-state index is 0.0859. The first-order valence-corrected chi connectivity index (χ1v) is 4.86. The number of hydrogen-bond donors (Lipinski definition) is 0. The minimum atomic E-state index is -2.75. The van der Waals surface area contributed by atoms with Crippen molar-refractivity contribution in [3.63, 3.8) is 0 Å². The van der Waals surface area contributed by atoms with Crippen LogP contribution in [0.2, 0.25) is 0 Å². The number of nitrogens with zero attached hydrogens (tertiary/aromatic N) is 2. The van der Waals surface area contributed by atoms with E-state index in [1.54, 1.807) is 6.07 Å². The van der Waals surface area contributed by atoms with E-state index in [-0.39, 0.29) is 17.1 Å². The van der Waals surface area contributed by atoms with E-state index in [2.05, 4.69) is 20.9 Å². The van der Waals surface area contributed by atoms with Gasteiger partial charge in [-0.05, 0) is 21.5 Å². The molecule has 1 rings (SSSR count). The van der Waals surface area contributed by atoms with Crippen LogP contribution >= 0.6 is 27.5 Å². The van der Waals surface area contributed by atoms with Crippen LogP contribution in [0.3, 0.4) is 0 Å². The molecule has 0 spiro atoms. The zero-order valence-electron chi connectivity index (χ0n) is 6.77. The van der Waals surface area contributed by atoms with Crippen molar-refractivity contribution in [2.24, 2.45) is 0 Å². The first kappa shape index (κ1) is 11.3. The lowest BCUT2D eigenvalue weighted by Gasteiger charge is -2.08. The highest BCUT2D eigenvalue weighted by Crippen LogP contribution is 2.31. The summed E-state index contributed by atoms with van der Waals surface area (Å²) in [6, 6.07) is 1.61. The molecule has 0 aliphatic rings. The Morgan fingerprint density at radius 1 is 1.64 bits per heavy atom. The first-order valence-electron chi connectivity index (χ1n) is 3.53. The van der Waals surface area contributed by atoms with Gasteiger partial charge in [0.15, 0.2) is 0 Å². The molecule has 0 aliphatic carbocycles. The molecule has 0 atom stereocenters. The molecule has 0 radical (unpaired) electrons. The standard InChI is InChI=1S/C8H4BrClF2N2/c9-5-3-14-6(2-13)7(8(11)12)4(5)1-10/h3,8H,1H2. The Bertz CT molecular complexity index is 390. The van der Waals surface area contributed by atoms with Crippen molar-refractivity contribution in [1.82, 2.24) is 4.98 Å². The summed E-state index contributed by atoms with van der Waals surface area (Å²) >= 11 is 8.56. The van der Waals surface area contributed by atoms with Crippen LogP contribution in [0.5, 0.6) is 0 Å². The van der Waals surface area contributed by atoms with Crippen molar-refractivity contribution in [3.05, 3.63) is 27.5 Å². The summed E-state index contributed by atoms with van der Waals surface area (Å²) in [5, 5.41) is 8.57. The van der Waals surface area contributed by atoms with Gasteiger partial charge in [-0.3, -0.25) is 0 Å². The van der Waals surface area contributed by atoms with Crippen LogP contribution in [0, 0.1) is 11.3 Å². The summed E-state index contributed by atoms with van der Waals surface area (Å²) in [4.78, 5) is 3.58. The minimum Gasteiger partial charge on any atom is -0.244 e. The molecule has 14 heavy (non-hydrogen) atoms. The lowest BCUT2D eigenvalue weighted by molar-refractivity contribution is 0.149. The molecule has 2 nitrogen and oxygen atoms in total. The fourth-order valence-electron chi connectivity index (χ4n) is 1.00. The van der Waals surface area contributed by atoms with Crippen LogP contribution in [0.25, 0.3) is 0 Å². The molecule has 1 aromatic rings. The van der Waals surface area contributed by atoms with Crippen LogP contribution in [-0.2, 0) is 5.88 Å². The summed E-state index contributed by atoms with van der Waals surface area (Å²) in [6.07, 6.45) is -1.45. The number of aromatic nitrogens is 1. The van der Waals surface area contributed by atoms with E-state index >= 15 is 0 Å². The highest BCUT2D eigenvalue weighted by molar-refractivity contribution is 9.10. The van der Waals surface area contributed by atoms with Gasteiger partial charge in [0.1, 0.15) is 11.8 Å². The summed E-state index contributed by atoms with van der Waals surface area (Å²) in [7, 11) is 0. The van der Waals surface area contributed by atoms with E-state index in [9.17, 15) is 8.78 Å². The largest absolute Gasteiger partial charge is 0.266 e. The van der Waals surface area contributed by atoms with E-state index in [4.69, 9.17) is 16.9 Å². The SMILES string of the molecule is N#Cc1ncc(Br)c(CCl)c1C(F)F. The van der Waals surface area contributed by atoms with Crippen molar-refractivity contribution < 1.29 is 8.78 Å². The van der Waals surface area contributed by atoms with Gasteiger partial charge < -0.3 is 0 Å². The second kappa shape index (κ2) is 4.67. The molecule has 6 heteroatoms. The third-order valence-electron chi connectivity index (χ3n) is 1.63. The average molecular weight is 281 g/mol. The Balaban J connectivity index is 3.46. The number of halogens is 4. The van der Waals surface area contributed by atoms with Crippen LogP contribution in [0.4, 0.5) is 8.78 Å². The second-order valence-electron chi connectivity index (χ2n) is 2.39. The third kappa shape index (κ3) is 2.02. The average Bonchev–Trinajstić information content (AvgIpc) is 2.17. The lowest BCUT2D eigenvalue weighted by atomic mass is 10.1. The van der Waals surface area contributed by atoms with Gasteiger partial charge >= 0.3 is 0 Å². The second-order valence-corrected chi connectivity index (χ2v) is 3.51. The molecule has 0 saturated heterocycles. The van der Waals surface area contributed by atoms with Crippen LogP contribution < -0.4 is 0 Å². The van der Waals surface area contributed by atoms with Crippen LogP contribution in [0.1, 0.15) is 23.2 Å². The maximum atomic E-state index is 12.6. The molecular formula is C8H4BrClF2N2. The molecule has 0 aromatic carbocycles. The number of nitriles is 1. The van der Waals surface area contributed by atoms with E-state index in [1.165, 1.54) is 6.20 Å². The summed E-state index contributed by atoms with van der Waals surface area (Å²) in [5.74, 6) is -0.0859. The summed E-state index contributed by atoms with van der Waals surface area (Å²) in [5.41, 5.74) is -0.455. The van der Waals surface area contributed by atoms with Crippen molar-refractivity contribution >= 4 is 27.5 Å². The van der Waals surface area contributed by atoms with Gasteiger partial charge in [0.25, 0.3) is 6.43 Å². The molecule has 0 bridgehead atoms. The highest BCUT2D eigenvalue weighted by Gasteiger charge is 2.20. The van der Waals surface area contributed by atoms with E-state index in [0.717, 1.165) is 0 Å². The fraction of sp³-hybridized carbons (Fsp3) is 0.250. The van der Waals surface area contributed by atoms with Gasteiger partial charge in [-0.15, -0.1) is 11.6 Å². The first-order chi connectivity index (χ1) is 6.61. The fourth-order valence-corrected chi connectivity index (χ4v) is 1.91. The normalized spacial score (nSPS) is 10.3. The zero-order valence-corrected chi connectivity index (χ0v) is 9.11. The quantitative estimate of drug-likeness (QED) is 0.779.